The molecule has 1 amide bonds. The standard InChI is InChI=1S/C67H129NO13/c1-3-5-7-9-11-12-13-14-15-16-17-18-19-20-21-22-23-24-25-26-27-28-29-30-31-32-33-34-35-36-37-38-39-40-41-42-43-45-47-49-51-59(72)68-55(56(71)50-48-46-44-10-8-6-4-2)54-78-66-64(77)62(75)65(58(53-70)80-66)81-67-63(76)61(74)60(73)57(52-69)79-67/h48,50,55-58,60-67,69-71,73-77H,3-47,49,51-54H2,1-2H3,(H,68,72)/b50-48+. The van der Waals surface area contributed by atoms with Gasteiger partial charge in [0.25, 0.3) is 0 Å². The van der Waals surface area contributed by atoms with Gasteiger partial charge in [0.1, 0.15) is 48.8 Å². The Morgan fingerprint density at radius 1 is 0.432 bits per heavy atom. The van der Waals surface area contributed by atoms with E-state index in [1.807, 2.05) is 6.08 Å². The van der Waals surface area contributed by atoms with Gasteiger partial charge in [-0.15, -0.1) is 0 Å². The van der Waals surface area contributed by atoms with Gasteiger partial charge in [0.15, 0.2) is 12.6 Å². The predicted octanol–water partition coefficient (Wildman–Crippen LogP) is 13.4. The van der Waals surface area contributed by atoms with Gasteiger partial charge in [-0.25, -0.2) is 0 Å². The van der Waals surface area contributed by atoms with Crippen LogP contribution in [0.1, 0.15) is 316 Å². The third kappa shape index (κ3) is 37.8. The molecule has 0 radical (unpaired) electrons. The van der Waals surface area contributed by atoms with Crippen molar-refractivity contribution in [2.24, 2.45) is 0 Å². The number of aliphatic hydroxyl groups excluding tert-OH is 8. The molecule has 0 aromatic rings. The van der Waals surface area contributed by atoms with E-state index >= 15 is 0 Å². The smallest absolute Gasteiger partial charge is 0.220 e. The molecule has 2 rings (SSSR count). The number of aliphatic hydroxyl groups is 8. The van der Waals surface area contributed by atoms with E-state index in [1.165, 1.54) is 238 Å². The normalized spacial score (nSPS) is 24.1. The van der Waals surface area contributed by atoms with Crippen LogP contribution in [0.25, 0.3) is 0 Å². The Hall–Kier alpha value is -1.27. The SMILES string of the molecule is CCCCCCC/C=C/C(O)C(COC1OC(CO)C(OC2OC(CO)C(O)C(O)C2O)C(O)C1O)NC(=O)CCCCCCCCCCCCCCCCCCCCCCCCCCCCCCCCCCCCCCCCCC. The van der Waals surface area contributed by atoms with Gasteiger partial charge in [0.05, 0.1) is 32.0 Å². The van der Waals surface area contributed by atoms with Crippen LogP contribution >= 0.6 is 0 Å². The molecule has 12 atom stereocenters. The molecule has 2 aliphatic heterocycles. The Balaban J connectivity index is 1.46. The summed E-state index contributed by atoms with van der Waals surface area (Å²) < 4.78 is 22.7. The van der Waals surface area contributed by atoms with Crippen LogP contribution in [0.5, 0.6) is 0 Å². The molecule has 2 aliphatic rings. The summed E-state index contributed by atoms with van der Waals surface area (Å²) in [6, 6.07) is -0.907. The molecule has 0 spiro atoms. The topological polar surface area (TPSA) is 228 Å². The van der Waals surface area contributed by atoms with E-state index in [2.05, 4.69) is 19.2 Å². The molecule has 0 aromatic carbocycles. The van der Waals surface area contributed by atoms with E-state index < -0.39 is 86.8 Å². The van der Waals surface area contributed by atoms with Crippen LogP contribution in [0.15, 0.2) is 12.2 Å². The maximum Gasteiger partial charge on any atom is 0.220 e. The number of unbranched alkanes of at least 4 members (excludes halogenated alkanes) is 44. The average Bonchev–Trinajstić information content (AvgIpc) is 3.56. The molecule has 2 fully saturated rings. The van der Waals surface area contributed by atoms with E-state index in [0.717, 1.165) is 51.4 Å². The molecule has 0 bridgehead atoms. The first-order valence-corrected chi connectivity index (χ1v) is 34.4. The molecule has 480 valence electrons. The summed E-state index contributed by atoms with van der Waals surface area (Å²) in [6.07, 6.45) is 48.0. The number of amides is 1. The Morgan fingerprint density at radius 3 is 1.14 bits per heavy atom. The zero-order valence-electron chi connectivity index (χ0n) is 52.1. The lowest BCUT2D eigenvalue weighted by Crippen LogP contribution is -2.65. The summed E-state index contributed by atoms with van der Waals surface area (Å²) in [6.45, 7) is 2.76. The number of allylic oxidation sites excluding steroid dienone is 1. The molecule has 14 nitrogen and oxygen atoms in total. The molecule has 0 aromatic heterocycles. The number of carbonyl (C=O) groups excluding carboxylic acids is 1. The van der Waals surface area contributed by atoms with Crippen LogP contribution in [0, 0.1) is 0 Å². The average molecular weight is 1160 g/mol. The van der Waals surface area contributed by atoms with Crippen LogP contribution in [-0.2, 0) is 23.7 Å². The van der Waals surface area contributed by atoms with Crippen molar-refractivity contribution in [1.29, 1.82) is 0 Å². The molecule has 0 aliphatic carbocycles. The molecule has 2 saturated heterocycles. The summed E-state index contributed by atoms with van der Waals surface area (Å²) in [7, 11) is 0. The maximum atomic E-state index is 13.2. The highest BCUT2D eigenvalue weighted by Gasteiger charge is 2.51. The van der Waals surface area contributed by atoms with Crippen LogP contribution in [0.3, 0.4) is 0 Å². The summed E-state index contributed by atoms with van der Waals surface area (Å²) >= 11 is 0. The zero-order chi connectivity index (χ0) is 58.8. The Labute approximate surface area is 495 Å². The van der Waals surface area contributed by atoms with Gasteiger partial charge in [-0.05, 0) is 19.3 Å². The largest absolute Gasteiger partial charge is 0.394 e. The van der Waals surface area contributed by atoms with E-state index in [4.69, 9.17) is 18.9 Å². The van der Waals surface area contributed by atoms with Crippen molar-refractivity contribution in [3.63, 3.8) is 0 Å². The van der Waals surface area contributed by atoms with Crippen molar-refractivity contribution in [3.05, 3.63) is 12.2 Å². The maximum absolute atomic E-state index is 13.2. The van der Waals surface area contributed by atoms with Crippen LogP contribution in [0.2, 0.25) is 0 Å². The second kappa shape index (κ2) is 53.0. The Kier molecular flexibility index (Phi) is 49.6. The number of hydrogen-bond acceptors (Lipinski definition) is 13. The minimum absolute atomic E-state index is 0.237. The highest BCUT2D eigenvalue weighted by atomic mass is 16.7. The fourth-order valence-corrected chi connectivity index (χ4v) is 11.7. The molecule has 12 unspecified atom stereocenters. The third-order valence-corrected chi connectivity index (χ3v) is 17.2. The fourth-order valence-electron chi connectivity index (χ4n) is 11.7. The number of rotatable bonds is 57. The molecular formula is C67H129NO13. The quantitative estimate of drug-likeness (QED) is 0.0204. The van der Waals surface area contributed by atoms with E-state index in [-0.39, 0.29) is 18.9 Å². The number of hydrogen-bond donors (Lipinski definition) is 9. The first-order valence-electron chi connectivity index (χ1n) is 34.4. The number of nitrogens with one attached hydrogen (secondary N) is 1. The van der Waals surface area contributed by atoms with Gasteiger partial charge in [0, 0.05) is 6.42 Å². The first-order chi connectivity index (χ1) is 39.6. The highest BCUT2D eigenvalue weighted by Crippen LogP contribution is 2.30. The van der Waals surface area contributed by atoms with Crippen molar-refractivity contribution < 1.29 is 64.6 Å². The summed E-state index contributed by atoms with van der Waals surface area (Å²) in [5.74, 6) is -0.237. The number of carbonyl (C=O) groups is 1. The minimum atomic E-state index is -1.78. The lowest BCUT2D eigenvalue weighted by molar-refractivity contribution is -0.359. The van der Waals surface area contributed by atoms with Gasteiger partial charge in [-0.3, -0.25) is 4.79 Å². The second-order valence-electron chi connectivity index (χ2n) is 24.7. The lowest BCUT2D eigenvalue weighted by Gasteiger charge is -2.46. The van der Waals surface area contributed by atoms with Gasteiger partial charge < -0.3 is 65.1 Å². The van der Waals surface area contributed by atoms with Gasteiger partial charge >= 0.3 is 0 Å². The summed E-state index contributed by atoms with van der Waals surface area (Å²) in [4.78, 5) is 13.2. The molecular weight excluding hydrogens is 1030 g/mol. The fraction of sp³-hybridized carbons (Fsp3) is 0.955. The molecule has 81 heavy (non-hydrogen) atoms. The first kappa shape index (κ1) is 75.8. The second-order valence-corrected chi connectivity index (χ2v) is 24.7. The van der Waals surface area contributed by atoms with Crippen LogP contribution < -0.4 is 5.32 Å². The Bertz CT molecular complexity index is 1410. The lowest BCUT2D eigenvalue weighted by atomic mass is 9.97. The summed E-state index contributed by atoms with van der Waals surface area (Å²) in [5.41, 5.74) is 0. The minimum Gasteiger partial charge on any atom is -0.394 e. The van der Waals surface area contributed by atoms with Crippen molar-refractivity contribution in [3.8, 4) is 0 Å². The number of ether oxygens (including phenoxy) is 4. The van der Waals surface area contributed by atoms with E-state index in [1.54, 1.807) is 6.08 Å². The van der Waals surface area contributed by atoms with E-state index in [0.29, 0.717) is 6.42 Å². The van der Waals surface area contributed by atoms with Crippen LogP contribution in [-0.4, -0.2) is 140 Å². The van der Waals surface area contributed by atoms with Gasteiger partial charge in [-0.2, -0.15) is 0 Å². The molecule has 14 heteroatoms. The molecule has 0 saturated carbocycles. The van der Waals surface area contributed by atoms with Crippen molar-refractivity contribution >= 4 is 5.91 Å². The molecule has 2 heterocycles. The Morgan fingerprint density at radius 2 is 0.765 bits per heavy atom. The van der Waals surface area contributed by atoms with E-state index in [9.17, 15) is 45.6 Å². The predicted molar refractivity (Wildman–Crippen MR) is 328 cm³/mol. The summed E-state index contributed by atoms with van der Waals surface area (Å²) in [5, 5.41) is 86.7. The van der Waals surface area contributed by atoms with Crippen molar-refractivity contribution in [2.75, 3.05) is 19.8 Å². The zero-order valence-corrected chi connectivity index (χ0v) is 52.1. The third-order valence-electron chi connectivity index (χ3n) is 17.2. The monoisotopic (exact) mass is 1160 g/mol. The van der Waals surface area contributed by atoms with Crippen molar-refractivity contribution in [2.45, 2.75) is 389 Å². The highest BCUT2D eigenvalue weighted by molar-refractivity contribution is 5.76. The molecule has 9 N–H and O–H groups in total. The van der Waals surface area contributed by atoms with Crippen LogP contribution in [0.4, 0.5) is 0 Å². The van der Waals surface area contributed by atoms with Gasteiger partial charge in [0.2, 0.25) is 5.91 Å². The van der Waals surface area contributed by atoms with Gasteiger partial charge in [-0.1, -0.05) is 302 Å². The van der Waals surface area contributed by atoms with Crippen molar-refractivity contribution in [1.82, 2.24) is 5.32 Å².